The number of nitrogens with zero attached hydrogens (tertiary/aromatic N) is 2. The number of unbranched alkanes of at least 4 members (excludes halogenated alkanes) is 1. The molecular weight excluding hydrogens is 190 g/mol. The van der Waals surface area contributed by atoms with Crippen LogP contribution in [0.15, 0.2) is 4.52 Å². The third kappa shape index (κ3) is 2.78. The van der Waals surface area contributed by atoms with Crippen molar-refractivity contribution in [1.82, 2.24) is 15.5 Å². The molecule has 1 aromatic heterocycles. The Morgan fingerprint density at radius 2 is 2.47 bits per heavy atom. The maximum absolute atomic E-state index is 5.30. The van der Waals surface area contributed by atoms with Crippen molar-refractivity contribution in [2.75, 3.05) is 13.1 Å². The Morgan fingerprint density at radius 3 is 3.20 bits per heavy atom. The number of nitrogens with one attached hydrogen (secondary N) is 1. The topological polar surface area (TPSA) is 51.0 Å². The summed E-state index contributed by atoms with van der Waals surface area (Å²) in [5, 5.41) is 7.37. The number of rotatable bonds is 4. The molecule has 84 valence electrons. The summed E-state index contributed by atoms with van der Waals surface area (Å²) >= 11 is 0. The Labute approximate surface area is 90.4 Å². The number of aryl methyl sites for hydroxylation is 1. The molecule has 0 aromatic carbocycles. The molecule has 1 unspecified atom stereocenters. The van der Waals surface area contributed by atoms with Crippen molar-refractivity contribution in [3.63, 3.8) is 0 Å². The highest BCUT2D eigenvalue weighted by molar-refractivity contribution is 4.96. The van der Waals surface area contributed by atoms with E-state index < -0.39 is 0 Å². The first-order valence-corrected chi connectivity index (χ1v) is 5.93. The summed E-state index contributed by atoms with van der Waals surface area (Å²) in [7, 11) is 0. The van der Waals surface area contributed by atoms with Crippen molar-refractivity contribution < 1.29 is 4.52 Å². The van der Waals surface area contributed by atoms with Gasteiger partial charge in [-0.1, -0.05) is 18.5 Å². The highest BCUT2D eigenvalue weighted by Gasteiger charge is 2.20. The fourth-order valence-electron chi connectivity index (χ4n) is 1.93. The quantitative estimate of drug-likeness (QED) is 0.822. The van der Waals surface area contributed by atoms with Crippen molar-refractivity contribution >= 4 is 0 Å². The standard InChI is InChI=1S/C11H19N3O/c1-2-3-6-10-13-11(15-14-10)9-5-4-7-12-8-9/h9,12H,2-8H2,1H3. The summed E-state index contributed by atoms with van der Waals surface area (Å²) in [6, 6.07) is 0. The molecule has 0 bridgehead atoms. The van der Waals surface area contributed by atoms with Crippen LogP contribution in [0.5, 0.6) is 0 Å². The van der Waals surface area contributed by atoms with E-state index in [0.29, 0.717) is 5.92 Å². The van der Waals surface area contributed by atoms with Gasteiger partial charge >= 0.3 is 0 Å². The SMILES string of the molecule is CCCCc1noc(C2CCCNC2)n1. The molecule has 1 fully saturated rings. The average Bonchev–Trinajstić information content (AvgIpc) is 2.76. The zero-order valence-corrected chi connectivity index (χ0v) is 9.33. The maximum atomic E-state index is 5.30. The van der Waals surface area contributed by atoms with Gasteiger partial charge in [-0.3, -0.25) is 0 Å². The Balaban J connectivity index is 1.93. The van der Waals surface area contributed by atoms with Crippen LogP contribution in [0, 0.1) is 0 Å². The lowest BCUT2D eigenvalue weighted by Gasteiger charge is -2.18. The van der Waals surface area contributed by atoms with E-state index in [2.05, 4.69) is 22.4 Å². The van der Waals surface area contributed by atoms with Crippen LogP contribution in [0.1, 0.15) is 50.2 Å². The van der Waals surface area contributed by atoms with Gasteiger partial charge in [-0.25, -0.2) is 0 Å². The second-order valence-electron chi connectivity index (χ2n) is 4.20. The van der Waals surface area contributed by atoms with Crippen molar-refractivity contribution in [3.8, 4) is 0 Å². The molecule has 2 heterocycles. The van der Waals surface area contributed by atoms with E-state index in [0.717, 1.165) is 37.6 Å². The van der Waals surface area contributed by atoms with Crippen LogP contribution in [-0.2, 0) is 6.42 Å². The number of hydrogen-bond acceptors (Lipinski definition) is 4. The predicted molar refractivity (Wildman–Crippen MR) is 57.8 cm³/mol. The Bertz CT molecular complexity index is 292. The van der Waals surface area contributed by atoms with E-state index in [-0.39, 0.29) is 0 Å². The summed E-state index contributed by atoms with van der Waals surface area (Å²) < 4.78 is 5.30. The monoisotopic (exact) mass is 209 g/mol. The number of aromatic nitrogens is 2. The van der Waals surface area contributed by atoms with Gasteiger partial charge in [-0.05, 0) is 25.8 Å². The van der Waals surface area contributed by atoms with E-state index in [1.54, 1.807) is 0 Å². The van der Waals surface area contributed by atoms with Crippen molar-refractivity contribution in [2.24, 2.45) is 0 Å². The Hall–Kier alpha value is -0.900. The minimum absolute atomic E-state index is 0.432. The van der Waals surface area contributed by atoms with Crippen LogP contribution in [0.25, 0.3) is 0 Å². The first-order valence-electron chi connectivity index (χ1n) is 5.93. The molecule has 1 N–H and O–H groups in total. The predicted octanol–water partition coefficient (Wildman–Crippen LogP) is 1.88. The van der Waals surface area contributed by atoms with Gasteiger partial charge in [0.2, 0.25) is 5.89 Å². The molecule has 1 atom stereocenters. The zero-order chi connectivity index (χ0) is 10.5. The summed E-state index contributed by atoms with van der Waals surface area (Å²) in [4.78, 5) is 4.45. The lowest BCUT2D eigenvalue weighted by Crippen LogP contribution is -2.28. The molecule has 1 aliphatic rings. The summed E-state index contributed by atoms with van der Waals surface area (Å²) in [5.74, 6) is 2.13. The van der Waals surface area contributed by atoms with Gasteiger partial charge in [0, 0.05) is 13.0 Å². The first kappa shape index (κ1) is 10.6. The van der Waals surface area contributed by atoms with Gasteiger partial charge in [0.25, 0.3) is 0 Å². The maximum Gasteiger partial charge on any atom is 0.231 e. The highest BCUT2D eigenvalue weighted by atomic mass is 16.5. The minimum Gasteiger partial charge on any atom is -0.339 e. The molecular formula is C11H19N3O. The fourth-order valence-corrected chi connectivity index (χ4v) is 1.93. The van der Waals surface area contributed by atoms with Gasteiger partial charge in [0.1, 0.15) is 0 Å². The number of piperidine rings is 1. The molecule has 0 spiro atoms. The molecule has 0 radical (unpaired) electrons. The van der Waals surface area contributed by atoms with E-state index in [4.69, 9.17) is 4.52 Å². The van der Waals surface area contributed by atoms with E-state index in [1.807, 2.05) is 0 Å². The smallest absolute Gasteiger partial charge is 0.231 e. The minimum atomic E-state index is 0.432. The highest BCUT2D eigenvalue weighted by Crippen LogP contribution is 2.21. The van der Waals surface area contributed by atoms with Crippen LogP contribution >= 0.6 is 0 Å². The third-order valence-corrected chi connectivity index (χ3v) is 2.88. The number of hydrogen-bond donors (Lipinski definition) is 1. The Morgan fingerprint density at radius 1 is 1.53 bits per heavy atom. The molecule has 15 heavy (non-hydrogen) atoms. The van der Waals surface area contributed by atoms with E-state index in [1.165, 1.54) is 19.3 Å². The molecule has 2 rings (SSSR count). The van der Waals surface area contributed by atoms with E-state index in [9.17, 15) is 0 Å². The van der Waals surface area contributed by atoms with Crippen LogP contribution < -0.4 is 5.32 Å². The average molecular weight is 209 g/mol. The Kier molecular flexibility index (Phi) is 3.72. The van der Waals surface area contributed by atoms with Crippen LogP contribution in [0.3, 0.4) is 0 Å². The normalized spacial score (nSPS) is 21.8. The van der Waals surface area contributed by atoms with E-state index >= 15 is 0 Å². The van der Waals surface area contributed by atoms with Crippen LogP contribution in [-0.4, -0.2) is 23.2 Å². The van der Waals surface area contributed by atoms with Crippen molar-refractivity contribution in [1.29, 1.82) is 0 Å². The summed E-state index contributed by atoms with van der Waals surface area (Å²) in [6.45, 7) is 4.27. The van der Waals surface area contributed by atoms with Gasteiger partial charge < -0.3 is 9.84 Å². The van der Waals surface area contributed by atoms with Gasteiger partial charge in [-0.15, -0.1) is 0 Å². The molecule has 4 nitrogen and oxygen atoms in total. The second-order valence-corrected chi connectivity index (χ2v) is 4.20. The largest absolute Gasteiger partial charge is 0.339 e. The van der Waals surface area contributed by atoms with Gasteiger partial charge in [0.15, 0.2) is 5.82 Å². The fraction of sp³-hybridized carbons (Fsp3) is 0.818. The lowest BCUT2D eigenvalue weighted by atomic mass is 10.00. The molecule has 4 heteroatoms. The molecule has 0 saturated carbocycles. The van der Waals surface area contributed by atoms with Crippen molar-refractivity contribution in [3.05, 3.63) is 11.7 Å². The molecule has 0 aliphatic carbocycles. The van der Waals surface area contributed by atoms with Crippen LogP contribution in [0.2, 0.25) is 0 Å². The second kappa shape index (κ2) is 5.26. The lowest BCUT2D eigenvalue weighted by molar-refractivity contribution is 0.320. The molecule has 1 aliphatic heterocycles. The van der Waals surface area contributed by atoms with Crippen molar-refractivity contribution in [2.45, 2.75) is 44.9 Å². The van der Waals surface area contributed by atoms with Gasteiger partial charge in [-0.2, -0.15) is 4.98 Å². The van der Waals surface area contributed by atoms with Crippen LogP contribution in [0.4, 0.5) is 0 Å². The zero-order valence-electron chi connectivity index (χ0n) is 9.33. The molecule has 1 saturated heterocycles. The molecule has 1 aromatic rings. The summed E-state index contributed by atoms with van der Waals surface area (Å²) in [6.07, 6.45) is 5.64. The third-order valence-electron chi connectivity index (χ3n) is 2.88. The summed E-state index contributed by atoms with van der Waals surface area (Å²) in [5.41, 5.74) is 0. The van der Waals surface area contributed by atoms with Gasteiger partial charge in [0.05, 0.1) is 5.92 Å². The first-order chi connectivity index (χ1) is 7.40. The molecule has 0 amide bonds.